The minimum Gasteiger partial charge on any atom is -0.345 e. The summed E-state index contributed by atoms with van der Waals surface area (Å²) in [4.78, 5) is 12.6. The van der Waals surface area contributed by atoms with Crippen molar-refractivity contribution in [2.24, 2.45) is 5.73 Å². The molecule has 3 N–H and O–H groups in total. The maximum atomic E-state index is 12.9. The predicted molar refractivity (Wildman–Crippen MR) is 100 cm³/mol. The van der Waals surface area contributed by atoms with Crippen LogP contribution in [0, 0.1) is 6.92 Å². The largest absolute Gasteiger partial charge is 0.416 e. The lowest BCUT2D eigenvalue weighted by Crippen LogP contribution is -2.52. The van der Waals surface area contributed by atoms with Gasteiger partial charge < -0.3 is 11.1 Å². The third-order valence-electron chi connectivity index (χ3n) is 4.80. The van der Waals surface area contributed by atoms with Gasteiger partial charge >= 0.3 is 6.18 Å². The SMILES string of the molecule is CCC(CC)(CN)NC(=O)c1cnn(-c2cccc(C(F)(F)F)c2)c1C.Cl. The molecule has 0 radical (unpaired) electrons. The molecule has 27 heavy (non-hydrogen) atoms. The first kappa shape index (κ1) is 23.0. The summed E-state index contributed by atoms with van der Waals surface area (Å²) in [5, 5.41) is 7.03. The zero-order valence-electron chi connectivity index (χ0n) is 15.4. The smallest absolute Gasteiger partial charge is 0.345 e. The molecule has 0 saturated carbocycles. The van der Waals surface area contributed by atoms with Crippen LogP contribution in [0.2, 0.25) is 0 Å². The van der Waals surface area contributed by atoms with Crippen LogP contribution in [0.1, 0.15) is 48.3 Å². The average molecular weight is 405 g/mol. The minimum atomic E-state index is -4.44. The van der Waals surface area contributed by atoms with Crippen molar-refractivity contribution in [2.75, 3.05) is 6.54 Å². The van der Waals surface area contributed by atoms with Gasteiger partial charge in [0, 0.05) is 6.54 Å². The number of carbonyl (C=O) groups is 1. The van der Waals surface area contributed by atoms with E-state index in [1.807, 2.05) is 13.8 Å². The molecule has 0 aliphatic carbocycles. The normalized spacial score (nSPS) is 11.8. The van der Waals surface area contributed by atoms with E-state index in [9.17, 15) is 18.0 Å². The van der Waals surface area contributed by atoms with Crippen molar-refractivity contribution in [1.82, 2.24) is 15.1 Å². The number of alkyl halides is 3. The molecular formula is C18H24ClF3N4O. The molecule has 2 aromatic rings. The molecule has 0 spiro atoms. The van der Waals surface area contributed by atoms with Crippen LogP contribution in [0.5, 0.6) is 0 Å². The Morgan fingerprint density at radius 1 is 1.26 bits per heavy atom. The standard InChI is InChI=1S/C18H23F3N4O.ClH/c1-4-17(5-2,11-22)24-16(26)15-10-23-25(12(15)3)14-8-6-7-13(9-14)18(19,20)21;/h6-10H,4-5,11,22H2,1-3H3,(H,24,26);1H. The molecule has 0 unspecified atom stereocenters. The Labute approximate surface area is 162 Å². The van der Waals surface area contributed by atoms with E-state index < -0.39 is 17.3 Å². The highest BCUT2D eigenvalue weighted by molar-refractivity contribution is 5.95. The van der Waals surface area contributed by atoms with Crippen LogP contribution in [0.4, 0.5) is 13.2 Å². The van der Waals surface area contributed by atoms with Gasteiger partial charge in [-0.15, -0.1) is 12.4 Å². The second kappa shape index (κ2) is 8.75. The maximum absolute atomic E-state index is 12.9. The first-order valence-corrected chi connectivity index (χ1v) is 8.42. The van der Waals surface area contributed by atoms with Crippen LogP contribution in [-0.2, 0) is 6.18 Å². The highest BCUT2D eigenvalue weighted by Crippen LogP contribution is 2.30. The number of halogens is 4. The van der Waals surface area contributed by atoms with Gasteiger partial charge in [-0.05, 0) is 38.0 Å². The number of nitrogens with two attached hydrogens (primary N) is 1. The van der Waals surface area contributed by atoms with E-state index in [4.69, 9.17) is 5.73 Å². The summed E-state index contributed by atoms with van der Waals surface area (Å²) in [5.41, 5.74) is 5.53. The molecule has 0 bridgehead atoms. The Bertz CT molecular complexity index is 777. The van der Waals surface area contributed by atoms with Crippen molar-refractivity contribution in [1.29, 1.82) is 0 Å². The fourth-order valence-corrected chi connectivity index (χ4v) is 2.78. The van der Waals surface area contributed by atoms with Gasteiger partial charge in [0.15, 0.2) is 0 Å². The van der Waals surface area contributed by atoms with Crippen LogP contribution in [-0.4, -0.2) is 27.8 Å². The summed E-state index contributed by atoms with van der Waals surface area (Å²) in [5.74, 6) is -0.338. The Morgan fingerprint density at radius 2 is 1.89 bits per heavy atom. The van der Waals surface area contributed by atoms with E-state index in [1.54, 1.807) is 6.92 Å². The second-order valence-electron chi connectivity index (χ2n) is 6.25. The predicted octanol–water partition coefficient (Wildman–Crippen LogP) is 3.87. The van der Waals surface area contributed by atoms with Crippen LogP contribution in [0.3, 0.4) is 0 Å². The number of benzene rings is 1. The van der Waals surface area contributed by atoms with E-state index in [0.717, 1.165) is 12.1 Å². The third kappa shape index (κ3) is 4.81. The van der Waals surface area contributed by atoms with E-state index in [2.05, 4.69) is 10.4 Å². The molecule has 0 aliphatic rings. The van der Waals surface area contributed by atoms with Crippen molar-refractivity contribution >= 4 is 18.3 Å². The monoisotopic (exact) mass is 404 g/mol. The summed E-state index contributed by atoms with van der Waals surface area (Å²) < 4.78 is 40.1. The maximum Gasteiger partial charge on any atom is 0.416 e. The number of rotatable bonds is 6. The summed E-state index contributed by atoms with van der Waals surface area (Å²) in [6, 6.07) is 4.82. The van der Waals surface area contributed by atoms with Gasteiger partial charge in [-0.2, -0.15) is 18.3 Å². The van der Waals surface area contributed by atoms with E-state index >= 15 is 0 Å². The number of hydrogen-bond donors (Lipinski definition) is 2. The molecule has 1 heterocycles. The third-order valence-corrected chi connectivity index (χ3v) is 4.80. The van der Waals surface area contributed by atoms with Crippen LogP contribution in [0.15, 0.2) is 30.5 Å². The summed E-state index contributed by atoms with van der Waals surface area (Å²) in [6.45, 7) is 5.82. The number of nitrogens with zero attached hydrogens (tertiary/aromatic N) is 2. The van der Waals surface area contributed by atoms with Crippen LogP contribution in [0.25, 0.3) is 5.69 Å². The minimum absolute atomic E-state index is 0. The quantitative estimate of drug-likeness (QED) is 0.767. The highest BCUT2D eigenvalue weighted by atomic mass is 35.5. The van der Waals surface area contributed by atoms with Gasteiger partial charge in [0.05, 0.1) is 34.2 Å². The zero-order valence-corrected chi connectivity index (χ0v) is 16.2. The number of hydrogen-bond acceptors (Lipinski definition) is 3. The van der Waals surface area contributed by atoms with E-state index in [-0.39, 0.29) is 24.0 Å². The Hall–Kier alpha value is -2.06. The fourth-order valence-electron chi connectivity index (χ4n) is 2.78. The van der Waals surface area contributed by atoms with Crippen molar-refractivity contribution in [3.05, 3.63) is 47.3 Å². The van der Waals surface area contributed by atoms with Crippen molar-refractivity contribution in [2.45, 2.75) is 45.3 Å². The van der Waals surface area contributed by atoms with Crippen molar-refractivity contribution in [3.8, 4) is 5.69 Å². The molecule has 1 amide bonds. The average Bonchev–Trinajstić information content (AvgIpc) is 3.01. The molecule has 9 heteroatoms. The van der Waals surface area contributed by atoms with Gasteiger partial charge in [0.2, 0.25) is 0 Å². The molecule has 1 aromatic heterocycles. The molecule has 0 atom stereocenters. The number of nitrogens with one attached hydrogen (secondary N) is 1. The van der Waals surface area contributed by atoms with E-state index in [0.29, 0.717) is 30.6 Å². The summed E-state index contributed by atoms with van der Waals surface area (Å²) >= 11 is 0. The molecule has 150 valence electrons. The van der Waals surface area contributed by atoms with Crippen LogP contribution < -0.4 is 11.1 Å². The molecule has 2 rings (SSSR count). The Balaban J connectivity index is 0.00000364. The van der Waals surface area contributed by atoms with Gasteiger partial charge in [-0.25, -0.2) is 4.68 Å². The summed E-state index contributed by atoms with van der Waals surface area (Å²) in [7, 11) is 0. The van der Waals surface area contributed by atoms with Gasteiger partial charge in [-0.1, -0.05) is 19.9 Å². The number of amides is 1. The fraction of sp³-hybridized carbons (Fsp3) is 0.444. The molecule has 0 fully saturated rings. The zero-order chi connectivity index (χ0) is 19.5. The number of aromatic nitrogens is 2. The molecule has 0 saturated heterocycles. The van der Waals surface area contributed by atoms with Gasteiger partial charge in [0.1, 0.15) is 0 Å². The molecule has 0 aliphatic heterocycles. The lowest BCUT2D eigenvalue weighted by atomic mass is 9.92. The number of carbonyl (C=O) groups excluding carboxylic acids is 1. The van der Waals surface area contributed by atoms with Crippen molar-refractivity contribution in [3.63, 3.8) is 0 Å². The van der Waals surface area contributed by atoms with Crippen molar-refractivity contribution < 1.29 is 18.0 Å². The molecule has 1 aromatic carbocycles. The Kier molecular flexibility index (Phi) is 7.45. The molecule has 5 nitrogen and oxygen atoms in total. The molecular weight excluding hydrogens is 381 g/mol. The lowest BCUT2D eigenvalue weighted by Gasteiger charge is -2.31. The highest BCUT2D eigenvalue weighted by Gasteiger charge is 2.31. The second-order valence-corrected chi connectivity index (χ2v) is 6.25. The van der Waals surface area contributed by atoms with Crippen LogP contribution >= 0.6 is 12.4 Å². The lowest BCUT2D eigenvalue weighted by molar-refractivity contribution is -0.137. The van der Waals surface area contributed by atoms with E-state index in [1.165, 1.54) is 23.0 Å². The first-order valence-electron chi connectivity index (χ1n) is 8.42. The topological polar surface area (TPSA) is 72.9 Å². The van der Waals surface area contributed by atoms with Gasteiger partial charge in [-0.3, -0.25) is 4.79 Å². The Morgan fingerprint density at radius 3 is 2.41 bits per heavy atom. The first-order chi connectivity index (χ1) is 12.2. The summed E-state index contributed by atoms with van der Waals surface area (Å²) in [6.07, 6.45) is -1.74. The van der Waals surface area contributed by atoms with Gasteiger partial charge in [0.25, 0.3) is 5.91 Å².